The molecule has 1 rings (SSSR count). The summed E-state index contributed by atoms with van der Waals surface area (Å²) in [6.45, 7) is 2.57. The van der Waals surface area contributed by atoms with Crippen molar-refractivity contribution in [2.75, 3.05) is 26.9 Å². The Morgan fingerprint density at radius 1 is 1.35 bits per heavy atom. The van der Waals surface area contributed by atoms with Crippen molar-refractivity contribution in [2.45, 2.75) is 25.8 Å². The molecule has 3 nitrogen and oxygen atoms in total. The zero-order valence-corrected chi connectivity index (χ0v) is 13.3. The lowest BCUT2D eigenvalue weighted by Crippen LogP contribution is -2.23. The van der Waals surface area contributed by atoms with E-state index >= 15 is 0 Å². The maximum Gasteiger partial charge on any atom is 0.261 e. The van der Waals surface area contributed by atoms with Crippen molar-refractivity contribution in [3.8, 4) is 5.75 Å². The average molecular weight is 352 g/mol. The van der Waals surface area contributed by atoms with E-state index in [9.17, 15) is 8.78 Å². The summed E-state index contributed by atoms with van der Waals surface area (Å²) in [5, 5.41) is 3.33. The van der Waals surface area contributed by atoms with Gasteiger partial charge < -0.3 is 14.8 Å². The van der Waals surface area contributed by atoms with E-state index in [4.69, 9.17) is 9.47 Å². The van der Waals surface area contributed by atoms with E-state index in [0.29, 0.717) is 13.0 Å². The Bertz CT molecular complexity index is 405. The van der Waals surface area contributed by atoms with Crippen LogP contribution in [-0.4, -0.2) is 33.3 Å². The summed E-state index contributed by atoms with van der Waals surface area (Å²) in [5.74, 6) is 0.768. The highest BCUT2D eigenvalue weighted by molar-refractivity contribution is 9.10. The van der Waals surface area contributed by atoms with Crippen LogP contribution < -0.4 is 10.1 Å². The molecule has 0 aliphatic carbocycles. The van der Waals surface area contributed by atoms with E-state index in [0.717, 1.165) is 22.3 Å². The highest BCUT2D eigenvalue weighted by Crippen LogP contribution is 2.29. The molecular formula is C14H20BrF2NO2. The Balaban J connectivity index is 2.65. The zero-order chi connectivity index (χ0) is 15.0. The van der Waals surface area contributed by atoms with Gasteiger partial charge in [-0.2, -0.15) is 0 Å². The van der Waals surface area contributed by atoms with E-state index in [1.807, 2.05) is 25.1 Å². The van der Waals surface area contributed by atoms with E-state index in [-0.39, 0.29) is 6.04 Å². The number of alkyl halides is 2. The van der Waals surface area contributed by atoms with Crippen LogP contribution in [0.25, 0.3) is 0 Å². The number of methoxy groups -OCH3 is 1. The normalized spacial score (nSPS) is 12.7. The molecular weight excluding hydrogens is 332 g/mol. The molecule has 0 aromatic heterocycles. The maximum absolute atomic E-state index is 12.0. The van der Waals surface area contributed by atoms with Gasteiger partial charge in [0.05, 0.1) is 7.11 Å². The first-order valence-corrected chi connectivity index (χ1v) is 7.30. The molecule has 1 N–H and O–H groups in total. The van der Waals surface area contributed by atoms with Crippen molar-refractivity contribution in [1.82, 2.24) is 5.32 Å². The molecule has 0 bridgehead atoms. The second-order valence-electron chi connectivity index (χ2n) is 4.25. The molecule has 114 valence electrons. The Hall–Kier alpha value is -0.720. The molecule has 0 radical (unpaired) electrons. The summed E-state index contributed by atoms with van der Waals surface area (Å²) in [5.41, 5.74) is 1.06. The summed E-state index contributed by atoms with van der Waals surface area (Å²) in [6.07, 6.45) is -1.79. The van der Waals surface area contributed by atoms with E-state index in [1.54, 1.807) is 7.11 Å². The largest absolute Gasteiger partial charge is 0.497 e. The predicted molar refractivity (Wildman–Crippen MR) is 78.6 cm³/mol. The van der Waals surface area contributed by atoms with Crippen molar-refractivity contribution in [3.63, 3.8) is 0 Å². The smallest absolute Gasteiger partial charge is 0.261 e. The zero-order valence-electron chi connectivity index (χ0n) is 11.7. The number of halogens is 3. The maximum atomic E-state index is 12.0. The summed E-state index contributed by atoms with van der Waals surface area (Å²) < 4.78 is 35.1. The second-order valence-corrected chi connectivity index (χ2v) is 5.11. The molecule has 0 saturated heterocycles. The molecule has 0 aliphatic rings. The van der Waals surface area contributed by atoms with Crippen LogP contribution in [0, 0.1) is 0 Å². The Kier molecular flexibility index (Phi) is 8.02. The van der Waals surface area contributed by atoms with Gasteiger partial charge in [0.25, 0.3) is 6.43 Å². The van der Waals surface area contributed by atoms with Crippen LogP contribution in [0.5, 0.6) is 5.75 Å². The van der Waals surface area contributed by atoms with Crippen LogP contribution in [0.15, 0.2) is 22.7 Å². The molecule has 0 saturated carbocycles. The molecule has 0 amide bonds. The quantitative estimate of drug-likeness (QED) is 0.686. The monoisotopic (exact) mass is 351 g/mol. The summed E-state index contributed by atoms with van der Waals surface area (Å²) >= 11 is 3.51. The van der Waals surface area contributed by atoms with Gasteiger partial charge in [0.1, 0.15) is 12.4 Å². The first-order chi connectivity index (χ1) is 9.58. The van der Waals surface area contributed by atoms with Crippen LogP contribution in [0.4, 0.5) is 8.78 Å². The standard InChI is InChI=1S/C14H20BrF2NO2/c1-3-18-13(6-7-20-9-14(16)17)11-5-4-10(19-2)8-12(11)15/h4-5,8,13-14,18H,3,6-7,9H2,1-2H3. The van der Waals surface area contributed by atoms with Gasteiger partial charge in [0.2, 0.25) is 0 Å². The summed E-state index contributed by atoms with van der Waals surface area (Å²) in [6, 6.07) is 5.78. The fraction of sp³-hybridized carbons (Fsp3) is 0.571. The van der Waals surface area contributed by atoms with Crippen LogP contribution in [0.1, 0.15) is 24.9 Å². The number of hydrogen-bond acceptors (Lipinski definition) is 3. The first-order valence-electron chi connectivity index (χ1n) is 6.51. The van der Waals surface area contributed by atoms with Gasteiger partial charge in [0.15, 0.2) is 0 Å². The van der Waals surface area contributed by atoms with Crippen molar-refractivity contribution in [1.29, 1.82) is 0 Å². The third-order valence-corrected chi connectivity index (χ3v) is 3.52. The molecule has 1 atom stereocenters. The lowest BCUT2D eigenvalue weighted by molar-refractivity contribution is 0.0144. The number of nitrogens with one attached hydrogen (secondary N) is 1. The van der Waals surface area contributed by atoms with Crippen molar-refractivity contribution in [3.05, 3.63) is 28.2 Å². The topological polar surface area (TPSA) is 30.5 Å². The third-order valence-electron chi connectivity index (χ3n) is 2.83. The van der Waals surface area contributed by atoms with Crippen molar-refractivity contribution in [2.24, 2.45) is 0 Å². The summed E-state index contributed by atoms with van der Waals surface area (Å²) in [4.78, 5) is 0. The minimum absolute atomic E-state index is 0.0537. The van der Waals surface area contributed by atoms with E-state index in [1.165, 1.54) is 0 Å². The molecule has 0 spiro atoms. The van der Waals surface area contributed by atoms with Gasteiger partial charge in [-0.05, 0) is 30.7 Å². The van der Waals surface area contributed by atoms with Gasteiger partial charge in [-0.3, -0.25) is 0 Å². The van der Waals surface area contributed by atoms with Crippen molar-refractivity contribution >= 4 is 15.9 Å². The molecule has 20 heavy (non-hydrogen) atoms. The van der Waals surface area contributed by atoms with Gasteiger partial charge in [0, 0.05) is 17.1 Å². The van der Waals surface area contributed by atoms with E-state index in [2.05, 4.69) is 21.2 Å². The van der Waals surface area contributed by atoms with Crippen LogP contribution >= 0.6 is 15.9 Å². The van der Waals surface area contributed by atoms with Crippen LogP contribution in [0.2, 0.25) is 0 Å². The van der Waals surface area contributed by atoms with Gasteiger partial charge in [-0.25, -0.2) is 8.78 Å². The lowest BCUT2D eigenvalue weighted by Gasteiger charge is -2.20. The highest BCUT2D eigenvalue weighted by Gasteiger charge is 2.14. The highest BCUT2D eigenvalue weighted by atomic mass is 79.9. The number of rotatable bonds is 9. The molecule has 0 fully saturated rings. The molecule has 1 aromatic rings. The van der Waals surface area contributed by atoms with Crippen molar-refractivity contribution < 1.29 is 18.3 Å². The molecule has 1 aromatic carbocycles. The average Bonchev–Trinajstić information content (AvgIpc) is 2.42. The summed E-state index contributed by atoms with van der Waals surface area (Å²) in [7, 11) is 1.61. The number of hydrogen-bond donors (Lipinski definition) is 1. The second kappa shape index (κ2) is 9.26. The van der Waals surface area contributed by atoms with Crippen LogP contribution in [-0.2, 0) is 4.74 Å². The van der Waals surface area contributed by atoms with Crippen LogP contribution in [0.3, 0.4) is 0 Å². The van der Waals surface area contributed by atoms with Gasteiger partial charge in [-0.15, -0.1) is 0 Å². The molecule has 1 unspecified atom stereocenters. The molecule has 0 aliphatic heterocycles. The predicted octanol–water partition coefficient (Wildman–Crippen LogP) is 3.78. The number of ether oxygens (including phenoxy) is 2. The van der Waals surface area contributed by atoms with Gasteiger partial charge in [-0.1, -0.05) is 28.9 Å². The minimum Gasteiger partial charge on any atom is -0.497 e. The Morgan fingerprint density at radius 3 is 2.65 bits per heavy atom. The number of benzene rings is 1. The molecule has 0 heterocycles. The minimum atomic E-state index is -2.42. The Morgan fingerprint density at radius 2 is 2.10 bits per heavy atom. The van der Waals surface area contributed by atoms with Gasteiger partial charge >= 0.3 is 0 Å². The fourth-order valence-electron chi connectivity index (χ4n) is 1.90. The third kappa shape index (κ3) is 5.73. The van der Waals surface area contributed by atoms with E-state index < -0.39 is 13.0 Å². The SMILES string of the molecule is CCNC(CCOCC(F)F)c1ccc(OC)cc1Br. The first kappa shape index (κ1) is 17.3. The lowest BCUT2D eigenvalue weighted by atomic mass is 10.0. The fourth-order valence-corrected chi connectivity index (χ4v) is 2.54. The molecule has 6 heteroatoms. The Labute approximate surface area is 126 Å².